The fraction of sp³-hybridized carbons (Fsp3) is 0.529. The smallest absolute Gasteiger partial charge is 0.305 e. The first-order chi connectivity index (χ1) is 9.61. The van der Waals surface area contributed by atoms with Crippen molar-refractivity contribution in [3.63, 3.8) is 0 Å². The molecule has 0 fully saturated rings. The Morgan fingerprint density at radius 3 is 2.05 bits per heavy atom. The molecule has 1 atom stereocenters. The zero-order chi connectivity index (χ0) is 16.2. The van der Waals surface area contributed by atoms with Crippen molar-refractivity contribution in [3.05, 3.63) is 35.4 Å². The summed E-state index contributed by atoms with van der Waals surface area (Å²) < 4.78 is 0. The second-order valence-corrected chi connectivity index (χ2v) is 6.66. The van der Waals surface area contributed by atoms with Crippen molar-refractivity contribution in [2.24, 2.45) is 0 Å². The Morgan fingerprint density at radius 2 is 1.67 bits per heavy atom. The molecule has 0 radical (unpaired) electrons. The van der Waals surface area contributed by atoms with Crippen molar-refractivity contribution in [2.75, 3.05) is 0 Å². The van der Waals surface area contributed by atoms with Gasteiger partial charge in [-0.1, -0.05) is 58.9 Å². The Morgan fingerprint density at radius 1 is 1.14 bits per heavy atom. The van der Waals surface area contributed by atoms with Crippen LogP contribution in [0.4, 0.5) is 0 Å². The van der Waals surface area contributed by atoms with Crippen LogP contribution in [0.1, 0.15) is 57.0 Å². The Hall–Kier alpha value is -1.68. The second kappa shape index (κ2) is 6.85. The number of benzene rings is 1. The van der Waals surface area contributed by atoms with E-state index in [1.807, 2.05) is 26.0 Å². The molecule has 116 valence electrons. The number of carboxylic acids is 1. The van der Waals surface area contributed by atoms with E-state index in [1.54, 1.807) is 12.1 Å². The van der Waals surface area contributed by atoms with Crippen LogP contribution in [0.3, 0.4) is 0 Å². The van der Waals surface area contributed by atoms with Gasteiger partial charge in [0, 0.05) is 11.6 Å². The summed E-state index contributed by atoms with van der Waals surface area (Å²) in [7, 11) is 0. The van der Waals surface area contributed by atoms with E-state index in [1.165, 1.54) is 0 Å². The minimum absolute atomic E-state index is 0.0260. The number of ketones is 1. The molecule has 0 heterocycles. The molecular formula is C17H25NO3. The van der Waals surface area contributed by atoms with Gasteiger partial charge in [0.2, 0.25) is 0 Å². The molecule has 1 unspecified atom stereocenters. The maximum Gasteiger partial charge on any atom is 0.305 e. The molecule has 0 spiro atoms. The van der Waals surface area contributed by atoms with Crippen molar-refractivity contribution in [1.82, 2.24) is 5.32 Å². The Labute approximate surface area is 126 Å². The Balaban J connectivity index is 2.95. The zero-order valence-corrected chi connectivity index (χ0v) is 13.4. The number of carbonyl (C=O) groups is 2. The van der Waals surface area contributed by atoms with Crippen molar-refractivity contribution >= 4 is 11.8 Å². The van der Waals surface area contributed by atoms with Crippen molar-refractivity contribution in [2.45, 2.75) is 58.5 Å². The average molecular weight is 291 g/mol. The van der Waals surface area contributed by atoms with Crippen LogP contribution >= 0.6 is 0 Å². The summed E-state index contributed by atoms with van der Waals surface area (Å²) >= 11 is 0. The number of carbonyl (C=O) groups excluding carboxylic acids is 1. The number of hydrogen-bond donors (Lipinski definition) is 2. The van der Waals surface area contributed by atoms with Gasteiger partial charge in [-0.05, 0) is 11.0 Å². The van der Waals surface area contributed by atoms with Gasteiger partial charge >= 0.3 is 5.97 Å². The number of carboxylic acid groups (broad SMARTS) is 1. The molecule has 0 aromatic heterocycles. The molecule has 1 rings (SSSR count). The normalized spacial score (nSPS) is 13.2. The third-order valence-electron chi connectivity index (χ3n) is 3.27. The molecule has 0 bridgehead atoms. The van der Waals surface area contributed by atoms with Crippen LogP contribution in [-0.4, -0.2) is 28.9 Å². The lowest BCUT2D eigenvalue weighted by molar-refractivity contribution is -0.137. The monoisotopic (exact) mass is 291 g/mol. The summed E-state index contributed by atoms with van der Waals surface area (Å²) in [6, 6.07) is 6.77. The first-order valence-electron chi connectivity index (χ1n) is 7.24. The maximum atomic E-state index is 12.5. The molecule has 0 aliphatic rings. The molecular weight excluding hydrogens is 266 g/mol. The molecule has 0 aliphatic carbocycles. The largest absolute Gasteiger partial charge is 0.481 e. The highest BCUT2D eigenvalue weighted by molar-refractivity contribution is 6.01. The summed E-state index contributed by atoms with van der Waals surface area (Å²) in [6.07, 6.45) is -0.210. The first kappa shape index (κ1) is 17.4. The van der Waals surface area contributed by atoms with E-state index in [0.717, 1.165) is 5.56 Å². The highest BCUT2D eigenvalue weighted by atomic mass is 16.4. The van der Waals surface area contributed by atoms with Gasteiger partial charge in [0.1, 0.15) is 0 Å². The summed E-state index contributed by atoms with van der Waals surface area (Å²) in [5, 5.41) is 12.0. The Bertz CT molecular complexity index is 498. The van der Waals surface area contributed by atoms with Crippen molar-refractivity contribution in [1.29, 1.82) is 0 Å². The third kappa shape index (κ3) is 5.31. The number of nitrogens with one attached hydrogen (secondary N) is 1. The van der Waals surface area contributed by atoms with Gasteiger partial charge in [-0.2, -0.15) is 0 Å². The van der Waals surface area contributed by atoms with E-state index in [4.69, 9.17) is 5.11 Å². The molecule has 0 saturated heterocycles. The van der Waals surface area contributed by atoms with E-state index < -0.39 is 12.0 Å². The molecule has 0 aliphatic heterocycles. The van der Waals surface area contributed by atoms with E-state index in [2.05, 4.69) is 26.1 Å². The van der Waals surface area contributed by atoms with Gasteiger partial charge in [-0.3, -0.25) is 9.59 Å². The minimum atomic E-state index is -0.979. The van der Waals surface area contributed by atoms with Gasteiger partial charge < -0.3 is 10.4 Å². The average Bonchev–Trinajstić information content (AvgIpc) is 2.35. The summed E-state index contributed by atoms with van der Waals surface area (Å²) in [6.45, 7) is 10.1. The van der Waals surface area contributed by atoms with E-state index in [9.17, 15) is 9.59 Å². The van der Waals surface area contributed by atoms with Crippen LogP contribution in [-0.2, 0) is 10.2 Å². The van der Waals surface area contributed by atoms with Gasteiger partial charge in [0.25, 0.3) is 0 Å². The molecule has 21 heavy (non-hydrogen) atoms. The van der Waals surface area contributed by atoms with Gasteiger partial charge in [-0.15, -0.1) is 0 Å². The van der Waals surface area contributed by atoms with E-state index >= 15 is 0 Å². The molecule has 4 heteroatoms. The van der Waals surface area contributed by atoms with E-state index in [0.29, 0.717) is 5.56 Å². The third-order valence-corrected chi connectivity index (χ3v) is 3.27. The summed E-state index contributed by atoms with van der Waals surface area (Å²) in [4.78, 5) is 23.4. The zero-order valence-electron chi connectivity index (χ0n) is 13.4. The van der Waals surface area contributed by atoms with Gasteiger partial charge in [0.15, 0.2) is 5.78 Å². The number of Topliss-reactive ketones (excluding diaryl/α,β-unsaturated/α-hetero) is 1. The summed E-state index contributed by atoms with van der Waals surface area (Å²) in [5.74, 6) is -1.15. The lowest BCUT2D eigenvalue weighted by atomic mass is 9.86. The molecule has 0 amide bonds. The SMILES string of the molecule is CC(C)NC(CC(=O)O)C(=O)c1ccc(C(C)(C)C)cc1. The van der Waals surface area contributed by atoms with Gasteiger partial charge in [-0.25, -0.2) is 0 Å². The van der Waals surface area contributed by atoms with Crippen LogP contribution < -0.4 is 5.32 Å². The number of rotatable bonds is 6. The molecule has 4 nitrogen and oxygen atoms in total. The molecule has 2 N–H and O–H groups in total. The molecule has 1 aromatic carbocycles. The van der Waals surface area contributed by atoms with Crippen LogP contribution in [0, 0.1) is 0 Å². The van der Waals surface area contributed by atoms with Crippen LogP contribution in [0.5, 0.6) is 0 Å². The minimum Gasteiger partial charge on any atom is -0.481 e. The fourth-order valence-electron chi connectivity index (χ4n) is 2.14. The van der Waals surface area contributed by atoms with Crippen LogP contribution in [0.25, 0.3) is 0 Å². The van der Waals surface area contributed by atoms with Crippen molar-refractivity contribution < 1.29 is 14.7 Å². The molecule has 1 aromatic rings. The number of aliphatic carboxylic acids is 1. The highest BCUT2D eigenvalue weighted by Gasteiger charge is 2.24. The summed E-state index contributed by atoms with van der Waals surface area (Å²) in [5.41, 5.74) is 1.71. The lowest BCUT2D eigenvalue weighted by Gasteiger charge is -2.21. The first-order valence-corrected chi connectivity index (χ1v) is 7.24. The highest BCUT2D eigenvalue weighted by Crippen LogP contribution is 2.22. The van der Waals surface area contributed by atoms with Gasteiger partial charge in [0.05, 0.1) is 12.5 Å². The predicted molar refractivity (Wildman–Crippen MR) is 83.8 cm³/mol. The molecule has 0 saturated carbocycles. The Kier molecular flexibility index (Phi) is 5.67. The topological polar surface area (TPSA) is 66.4 Å². The number of hydrogen-bond acceptors (Lipinski definition) is 3. The maximum absolute atomic E-state index is 12.5. The fourth-order valence-corrected chi connectivity index (χ4v) is 2.14. The standard InChI is InChI=1S/C17H25NO3/c1-11(2)18-14(10-15(19)20)16(21)12-6-8-13(9-7-12)17(3,4)5/h6-9,11,14,18H,10H2,1-5H3,(H,19,20). The van der Waals surface area contributed by atoms with E-state index in [-0.39, 0.29) is 23.7 Å². The van der Waals surface area contributed by atoms with Crippen molar-refractivity contribution in [3.8, 4) is 0 Å². The lowest BCUT2D eigenvalue weighted by Crippen LogP contribution is -2.42. The van der Waals surface area contributed by atoms with Crippen LogP contribution in [0.15, 0.2) is 24.3 Å². The predicted octanol–water partition coefficient (Wildman–Crippen LogP) is 3.01. The second-order valence-electron chi connectivity index (χ2n) is 6.66. The van der Waals surface area contributed by atoms with Crippen LogP contribution in [0.2, 0.25) is 0 Å². The quantitative estimate of drug-likeness (QED) is 0.791.